The Balaban J connectivity index is 2.10. The molecular weight excluding hydrogens is 234 g/mol. The second kappa shape index (κ2) is 5.55. The van der Waals surface area contributed by atoms with Crippen LogP contribution in [0.5, 0.6) is 0 Å². The van der Waals surface area contributed by atoms with Gasteiger partial charge in [-0.25, -0.2) is 0 Å². The van der Waals surface area contributed by atoms with Gasteiger partial charge in [0.25, 0.3) is 0 Å². The predicted molar refractivity (Wildman–Crippen MR) is 65.3 cm³/mol. The maximum absolute atomic E-state index is 12.0. The quantitative estimate of drug-likeness (QED) is 0.747. The van der Waals surface area contributed by atoms with E-state index in [1.54, 1.807) is 6.92 Å². The molecule has 1 unspecified atom stereocenters. The van der Waals surface area contributed by atoms with Crippen LogP contribution in [0.4, 0.5) is 0 Å². The first-order valence-electron chi connectivity index (χ1n) is 6.89. The third-order valence-electron chi connectivity index (χ3n) is 4.04. The lowest BCUT2D eigenvalue weighted by Crippen LogP contribution is -2.45. The highest BCUT2D eigenvalue weighted by molar-refractivity contribution is 5.74. The molecule has 1 saturated carbocycles. The Bertz CT molecular complexity index is 299. The Morgan fingerprint density at radius 3 is 2.72 bits per heavy atom. The summed E-state index contributed by atoms with van der Waals surface area (Å²) in [5.41, 5.74) is 2.86. The number of carbonyl (C=O) groups is 1. The number of hydrogen-bond acceptors (Lipinski definition) is 5. The average Bonchev–Trinajstić information content (AvgIpc) is 2.66. The maximum atomic E-state index is 12.0. The van der Waals surface area contributed by atoms with Crippen LogP contribution in [0.15, 0.2) is 0 Å². The number of aliphatic hydroxyl groups is 1. The van der Waals surface area contributed by atoms with Crippen LogP contribution in [-0.2, 0) is 14.4 Å². The van der Waals surface area contributed by atoms with Gasteiger partial charge in [0.05, 0.1) is 12.6 Å². The van der Waals surface area contributed by atoms with Gasteiger partial charge in [0.2, 0.25) is 0 Å². The zero-order valence-electron chi connectivity index (χ0n) is 11.1. The Kier molecular flexibility index (Phi) is 4.25. The molecule has 1 aliphatic carbocycles. The first-order valence-corrected chi connectivity index (χ1v) is 6.89. The summed E-state index contributed by atoms with van der Waals surface area (Å²) in [5, 5.41) is 10.2. The van der Waals surface area contributed by atoms with Crippen LogP contribution in [0, 0.1) is 11.8 Å². The van der Waals surface area contributed by atoms with Crippen molar-refractivity contribution in [3.8, 4) is 0 Å². The van der Waals surface area contributed by atoms with E-state index in [0.717, 1.165) is 12.8 Å². The number of hydrogen-bond donors (Lipinski definition) is 2. The molecule has 0 amide bonds. The van der Waals surface area contributed by atoms with Crippen molar-refractivity contribution >= 4 is 5.97 Å². The summed E-state index contributed by atoms with van der Waals surface area (Å²) in [7, 11) is 0. The summed E-state index contributed by atoms with van der Waals surface area (Å²) in [6, 6.07) is -0.139. The minimum Gasteiger partial charge on any atom is -0.466 e. The van der Waals surface area contributed by atoms with Crippen molar-refractivity contribution in [2.75, 3.05) is 6.61 Å². The summed E-state index contributed by atoms with van der Waals surface area (Å²) in [6.07, 6.45) is 5.77. The van der Waals surface area contributed by atoms with E-state index in [0.29, 0.717) is 12.5 Å². The fourth-order valence-corrected chi connectivity index (χ4v) is 3.11. The van der Waals surface area contributed by atoms with Gasteiger partial charge in [0, 0.05) is 0 Å². The first-order chi connectivity index (χ1) is 8.56. The highest BCUT2D eigenvalue weighted by atomic mass is 16.8. The van der Waals surface area contributed by atoms with Crippen LogP contribution < -0.4 is 5.48 Å². The highest BCUT2D eigenvalue weighted by Crippen LogP contribution is 2.38. The third-order valence-corrected chi connectivity index (χ3v) is 4.04. The molecule has 5 nitrogen and oxygen atoms in total. The molecule has 0 aromatic heterocycles. The van der Waals surface area contributed by atoms with Crippen LogP contribution in [0.1, 0.15) is 46.0 Å². The van der Waals surface area contributed by atoms with E-state index in [2.05, 4.69) is 5.48 Å². The molecule has 1 aliphatic heterocycles. The van der Waals surface area contributed by atoms with Gasteiger partial charge < -0.3 is 9.84 Å². The third kappa shape index (κ3) is 2.68. The molecule has 2 rings (SSSR count). The van der Waals surface area contributed by atoms with Gasteiger partial charge in [-0.3, -0.25) is 9.63 Å². The molecule has 18 heavy (non-hydrogen) atoms. The number of ether oxygens (including phenoxy) is 1. The van der Waals surface area contributed by atoms with Gasteiger partial charge in [-0.05, 0) is 32.6 Å². The molecule has 3 atom stereocenters. The molecule has 1 saturated heterocycles. The molecule has 0 radical (unpaired) electrons. The van der Waals surface area contributed by atoms with Crippen LogP contribution >= 0.6 is 0 Å². The molecule has 5 heteroatoms. The number of carbonyl (C=O) groups excluding carboxylic acids is 1. The lowest BCUT2D eigenvalue weighted by atomic mass is 9.77. The van der Waals surface area contributed by atoms with Crippen LogP contribution in [-0.4, -0.2) is 29.5 Å². The van der Waals surface area contributed by atoms with E-state index in [1.165, 1.54) is 26.2 Å². The first kappa shape index (κ1) is 13.8. The Hall–Kier alpha value is -0.650. The van der Waals surface area contributed by atoms with Crippen molar-refractivity contribution in [1.29, 1.82) is 0 Å². The molecule has 104 valence electrons. The molecule has 2 fully saturated rings. The highest BCUT2D eigenvalue weighted by Gasteiger charge is 2.53. The Morgan fingerprint density at radius 1 is 1.44 bits per heavy atom. The van der Waals surface area contributed by atoms with Gasteiger partial charge in [0.1, 0.15) is 5.92 Å². The van der Waals surface area contributed by atoms with Crippen LogP contribution in [0.2, 0.25) is 0 Å². The Morgan fingerprint density at radius 2 is 2.11 bits per heavy atom. The van der Waals surface area contributed by atoms with Crippen molar-refractivity contribution in [2.24, 2.45) is 11.8 Å². The SMILES string of the molecule is CCOC(=O)[C@@H]1[C@@H](C2CCCCC2)NOC1(C)O. The van der Waals surface area contributed by atoms with Crippen LogP contribution in [0.3, 0.4) is 0 Å². The smallest absolute Gasteiger partial charge is 0.316 e. The Labute approximate surface area is 108 Å². The van der Waals surface area contributed by atoms with Gasteiger partial charge in [-0.15, -0.1) is 0 Å². The molecule has 0 bridgehead atoms. The van der Waals surface area contributed by atoms with Gasteiger partial charge >= 0.3 is 5.97 Å². The minimum absolute atomic E-state index is 0.139. The second-order valence-corrected chi connectivity index (χ2v) is 5.43. The zero-order chi connectivity index (χ0) is 13.2. The fraction of sp³-hybridized carbons (Fsp3) is 0.923. The van der Waals surface area contributed by atoms with Crippen molar-refractivity contribution in [3.63, 3.8) is 0 Å². The summed E-state index contributed by atoms with van der Waals surface area (Å²) < 4.78 is 5.06. The molecule has 0 spiro atoms. The second-order valence-electron chi connectivity index (χ2n) is 5.43. The summed E-state index contributed by atoms with van der Waals surface area (Å²) in [4.78, 5) is 17.2. The predicted octanol–water partition coefficient (Wildman–Crippen LogP) is 1.36. The summed E-state index contributed by atoms with van der Waals surface area (Å²) >= 11 is 0. The lowest BCUT2D eigenvalue weighted by Gasteiger charge is -2.31. The zero-order valence-corrected chi connectivity index (χ0v) is 11.1. The standard InChI is InChI=1S/C13H23NO4/c1-3-17-12(15)10-11(14-18-13(10,2)16)9-7-5-4-6-8-9/h9-11,14,16H,3-8H2,1-2H3/t10-,11+,13?/m0/s1. The maximum Gasteiger partial charge on any atom is 0.316 e. The fourth-order valence-electron chi connectivity index (χ4n) is 3.11. The molecule has 2 N–H and O–H groups in total. The average molecular weight is 257 g/mol. The lowest BCUT2D eigenvalue weighted by molar-refractivity contribution is -0.213. The number of rotatable bonds is 3. The molecular formula is C13H23NO4. The molecule has 0 aromatic rings. The normalized spacial score (nSPS) is 37.7. The van der Waals surface area contributed by atoms with Crippen molar-refractivity contribution in [2.45, 2.75) is 57.8 Å². The largest absolute Gasteiger partial charge is 0.466 e. The summed E-state index contributed by atoms with van der Waals surface area (Å²) in [6.45, 7) is 3.61. The number of hydroxylamine groups is 1. The van der Waals surface area contributed by atoms with E-state index < -0.39 is 11.7 Å². The number of esters is 1. The molecule has 2 aliphatic rings. The van der Waals surface area contributed by atoms with E-state index >= 15 is 0 Å². The molecule has 1 heterocycles. The van der Waals surface area contributed by atoms with E-state index in [4.69, 9.17) is 9.57 Å². The number of nitrogens with one attached hydrogen (secondary N) is 1. The van der Waals surface area contributed by atoms with Crippen LogP contribution in [0.25, 0.3) is 0 Å². The molecule has 0 aromatic carbocycles. The minimum atomic E-state index is -1.48. The van der Waals surface area contributed by atoms with E-state index in [9.17, 15) is 9.90 Å². The van der Waals surface area contributed by atoms with Gasteiger partial charge in [-0.2, -0.15) is 5.48 Å². The topological polar surface area (TPSA) is 67.8 Å². The van der Waals surface area contributed by atoms with E-state index in [1.807, 2.05) is 0 Å². The van der Waals surface area contributed by atoms with Crippen molar-refractivity contribution in [3.05, 3.63) is 0 Å². The van der Waals surface area contributed by atoms with Crippen molar-refractivity contribution in [1.82, 2.24) is 5.48 Å². The summed E-state index contributed by atoms with van der Waals surface area (Å²) in [5.74, 6) is -2.11. The van der Waals surface area contributed by atoms with Gasteiger partial charge in [-0.1, -0.05) is 19.3 Å². The van der Waals surface area contributed by atoms with Crippen molar-refractivity contribution < 1.29 is 19.5 Å². The van der Waals surface area contributed by atoms with Gasteiger partial charge in [0.15, 0.2) is 5.79 Å². The monoisotopic (exact) mass is 257 g/mol. The van der Waals surface area contributed by atoms with E-state index in [-0.39, 0.29) is 12.0 Å².